The summed E-state index contributed by atoms with van der Waals surface area (Å²) in [5.74, 6) is 1.01. The quantitative estimate of drug-likeness (QED) is 0.813. The molecule has 0 spiro atoms. The lowest BCUT2D eigenvalue weighted by Gasteiger charge is -2.14. The Kier molecular flexibility index (Phi) is 5.00. The van der Waals surface area contributed by atoms with E-state index in [1.807, 2.05) is 0 Å². The second kappa shape index (κ2) is 6.57. The zero-order valence-corrected chi connectivity index (χ0v) is 13.8. The van der Waals surface area contributed by atoms with Crippen LogP contribution in [0.4, 0.5) is 5.82 Å². The Morgan fingerprint density at radius 1 is 1.29 bits per heavy atom. The van der Waals surface area contributed by atoms with Crippen LogP contribution in [0.15, 0.2) is 18.3 Å². The van der Waals surface area contributed by atoms with Crippen LogP contribution in [-0.4, -0.2) is 16.3 Å². The summed E-state index contributed by atoms with van der Waals surface area (Å²) in [6.45, 7) is 4.86. The first kappa shape index (κ1) is 16.0. The number of hydrogen-bond donors (Lipinski definition) is 1. The van der Waals surface area contributed by atoms with Crippen molar-refractivity contribution >= 4 is 40.6 Å². The number of benzene rings is 1. The van der Waals surface area contributed by atoms with Crippen molar-refractivity contribution in [2.45, 2.75) is 13.8 Å². The smallest absolute Gasteiger partial charge is 0.147 e. The first-order valence-electron chi connectivity index (χ1n) is 6.31. The molecule has 1 aromatic carbocycles. The van der Waals surface area contributed by atoms with Crippen molar-refractivity contribution < 1.29 is 0 Å². The van der Waals surface area contributed by atoms with Gasteiger partial charge >= 0.3 is 0 Å². The molecule has 110 valence electrons. The number of anilines is 1. The number of aromatic nitrogens is 2. The molecule has 0 fully saturated rings. The maximum atomic E-state index is 9.19. The molecule has 2 aromatic rings. The van der Waals surface area contributed by atoms with E-state index >= 15 is 0 Å². The van der Waals surface area contributed by atoms with E-state index in [0.717, 1.165) is 0 Å². The van der Waals surface area contributed by atoms with Gasteiger partial charge in [-0.25, -0.2) is 4.68 Å². The van der Waals surface area contributed by atoms with Gasteiger partial charge in [-0.1, -0.05) is 48.7 Å². The van der Waals surface area contributed by atoms with E-state index in [4.69, 9.17) is 34.8 Å². The molecule has 1 N–H and O–H groups in total. The fourth-order valence-corrected chi connectivity index (χ4v) is 2.37. The van der Waals surface area contributed by atoms with Crippen LogP contribution in [0.25, 0.3) is 5.69 Å². The van der Waals surface area contributed by atoms with Crippen LogP contribution in [0.1, 0.15) is 19.4 Å². The van der Waals surface area contributed by atoms with Gasteiger partial charge in [0.15, 0.2) is 0 Å². The predicted octanol–water partition coefficient (Wildman–Crippen LogP) is 4.77. The van der Waals surface area contributed by atoms with Gasteiger partial charge in [0.2, 0.25) is 0 Å². The SMILES string of the molecule is CC(C)CNc1c(C#N)cnn1-c1ccc(Cl)c(Cl)c1Cl. The van der Waals surface area contributed by atoms with Gasteiger partial charge in [-0.05, 0) is 18.1 Å². The molecule has 0 unspecified atom stereocenters. The molecule has 0 radical (unpaired) electrons. The Labute approximate surface area is 138 Å². The normalized spacial score (nSPS) is 10.7. The summed E-state index contributed by atoms with van der Waals surface area (Å²) >= 11 is 18.2. The van der Waals surface area contributed by atoms with Gasteiger partial charge in [-0.2, -0.15) is 10.4 Å². The molecule has 0 aliphatic rings. The van der Waals surface area contributed by atoms with E-state index in [2.05, 4.69) is 30.3 Å². The molecule has 7 heteroatoms. The van der Waals surface area contributed by atoms with Crippen molar-refractivity contribution in [1.29, 1.82) is 5.26 Å². The van der Waals surface area contributed by atoms with E-state index in [1.54, 1.807) is 16.8 Å². The summed E-state index contributed by atoms with van der Waals surface area (Å²) in [7, 11) is 0. The van der Waals surface area contributed by atoms with Crippen molar-refractivity contribution in [3.05, 3.63) is 39.0 Å². The maximum absolute atomic E-state index is 9.19. The monoisotopic (exact) mass is 342 g/mol. The molecule has 4 nitrogen and oxygen atoms in total. The lowest BCUT2D eigenvalue weighted by molar-refractivity contribution is 0.683. The van der Waals surface area contributed by atoms with Crippen LogP contribution < -0.4 is 5.32 Å². The lowest BCUT2D eigenvalue weighted by Crippen LogP contribution is -2.13. The average Bonchev–Trinajstić information content (AvgIpc) is 2.85. The highest BCUT2D eigenvalue weighted by Gasteiger charge is 2.17. The molecule has 0 saturated carbocycles. The Balaban J connectivity index is 2.52. The Morgan fingerprint density at radius 3 is 2.62 bits per heavy atom. The number of nitrogens with one attached hydrogen (secondary N) is 1. The van der Waals surface area contributed by atoms with Crippen LogP contribution in [0, 0.1) is 17.2 Å². The summed E-state index contributed by atoms with van der Waals surface area (Å²) in [6, 6.07) is 5.46. The van der Waals surface area contributed by atoms with Gasteiger partial charge in [0.05, 0.1) is 27.0 Å². The lowest BCUT2D eigenvalue weighted by atomic mass is 10.2. The number of nitriles is 1. The van der Waals surface area contributed by atoms with E-state index in [9.17, 15) is 5.26 Å². The van der Waals surface area contributed by atoms with Gasteiger partial charge in [0.1, 0.15) is 17.5 Å². The van der Waals surface area contributed by atoms with E-state index < -0.39 is 0 Å². The molecule has 0 saturated heterocycles. The van der Waals surface area contributed by atoms with E-state index in [1.165, 1.54) is 6.20 Å². The van der Waals surface area contributed by atoms with Crippen molar-refractivity contribution in [3.63, 3.8) is 0 Å². The molecule has 0 aliphatic heterocycles. The Morgan fingerprint density at radius 2 is 2.00 bits per heavy atom. The third kappa shape index (κ3) is 3.26. The zero-order chi connectivity index (χ0) is 15.6. The summed E-state index contributed by atoms with van der Waals surface area (Å²) in [5, 5.41) is 17.5. The van der Waals surface area contributed by atoms with Crippen LogP contribution in [0.5, 0.6) is 0 Å². The van der Waals surface area contributed by atoms with Gasteiger partial charge in [-0.3, -0.25) is 0 Å². The molecule has 0 aliphatic carbocycles. The van der Waals surface area contributed by atoms with Crippen molar-refractivity contribution in [3.8, 4) is 11.8 Å². The minimum absolute atomic E-state index is 0.264. The average molecular weight is 344 g/mol. The van der Waals surface area contributed by atoms with Crippen molar-refractivity contribution in [2.75, 3.05) is 11.9 Å². The highest BCUT2D eigenvalue weighted by Crippen LogP contribution is 2.35. The largest absolute Gasteiger partial charge is 0.369 e. The number of rotatable bonds is 4. The fourth-order valence-electron chi connectivity index (χ4n) is 1.76. The van der Waals surface area contributed by atoms with Gasteiger partial charge in [0.25, 0.3) is 0 Å². The topological polar surface area (TPSA) is 53.6 Å². The summed E-state index contributed by atoms with van der Waals surface area (Å²) in [6.07, 6.45) is 1.49. The highest BCUT2D eigenvalue weighted by atomic mass is 35.5. The van der Waals surface area contributed by atoms with Crippen LogP contribution in [0.3, 0.4) is 0 Å². The summed E-state index contributed by atoms with van der Waals surface area (Å²) < 4.78 is 1.56. The standard InChI is InChI=1S/C14H13Cl3N4/c1-8(2)6-19-14-9(5-18)7-20-21(14)11-4-3-10(15)12(16)13(11)17/h3-4,7-8,19H,6H2,1-2H3. The van der Waals surface area contributed by atoms with E-state index in [0.29, 0.717) is 39.6 Å². The first-order valence-corrected chi connectivity index (χ1v) is 7.45. The molecular weight excluding hydrogens is 331 g/mol. The Bertz CT molecular complexity index is 701. The number of hydrogen-bond acceptors (Lipinski definition) is 3. The molecule has 21 heavy (non-hydrogen) atoms. The molecule has 2 rings (SSSR count). The van der Waals surface area contributed by atoms with Crippen LogP contribution >= 0.6 is 34.8 Å². The second-order valence-corrected chi connectivity index (χ2v) is 6.06. The minimum Gasteiger partial charge on any atom is -0.369 e. The summed E-state index contributed by atoms with van der Waals surface area (Å²) in [4.78, 5) is 0. The number of halogens is 3. The molecule has 0 amide bonds. The van der Waals surface area contributed by atoms with Crippen LogP contribution in [0.2, 0.25) is 15.1 Å². The molecule has 0 bridgehead atoms. The number of nitrogens with zero attached hydrogens (tertiary/aromatic N) is 3. The Hall–Kier alpha value is -1.41. The maximum Gasteiger partial charge on any atom is 0.147 e. The van der Waals surface area contributed by atoms with Gasteiger partial charge in [0, 0.05) is 6.54 Å². The molecule has 1 aromatic heterocycles. The minimum atomic E-state index is 0.264. The first-order chi connectivity index (χ1) is 9.95. The van der Waals surface area contributed by atoms with Crippen molar-refractivity contribution in [1.82, 2.24) is 9.78 Å². The van der Waals surface area contributed by atoms with Gasteiger partial charge in [-0.15, -0.1) is 0 Å². The third-order valence-electron chi connectivity index (χ3n) is 2.81. The molecule has 0 atom stereocenters. The predicted molar refractivity (Wildman–Crippen MR) is 86.6 cm³/mol. The summed E-state index contributed by atoms with van der Waals surface area (Å²) in [5.41, 5.74) is 1.01. The zero-order valence-electron chi connectivity index (χ0n) is 11.5. The molecule has 1 heterocycles. The second-order valence-electron chi connectivity index (χ2n) is 4.90. The third-order valence-corrected chi connectivity index (χ3v) is 4.09. The van der Waals surface area contributed by atoms with Gasteiger partial charge < -0.3 is 5.32 Å². The fraction of sp³-hybridized carbons (Fsp3) is 0.286. The highest BCUT2D eigenvalue weighted by molar-refractivity contribution is 6.48. The molecular formula is C14H13Cl3N4. The van der Waals surface area contributed by atoms with Crippen molar-refractivity contribution in [2.24, 2.45) is 5.92 Å². The van der Waals surface area contributed by atoms with E-state index in [-0.39, 0.29) is 5.02 Å². The van der Waals surface area contributed by atoms with Crippen LogP contribution in [-0.2, 0) is 0 Å².